The summed E-state index contributed by atoms with van der Waals surface area (Å²) in [7, 11) is 0. The molecule has 0 radical (unpaired) electrons. The molecule has 8 heteroatoms. The monoisotopic (exact) mass is 571 g/mol. The number of piperidine rings is 1. The number of nitrogens with zero attached hydrogens (tertiary/aromatic N) is 3. The fourth-order valence-electron chi connectivity index (χ4n) is 7.17. The third-order valence-corrected chi connectivity index (χ3v) is 9.84. The van der Waals surface area contributed by atoms with E-state index in [2.05, 4.69) is 46.0 Å². The average Bonchev–Trinajstić information content (AvgIpc) is 3.32. The number of benzene rings is 1. The number of aromatic nitrogens is 1. The van der Waals surface area contributed by atoms with Gasteiger partial charge in [-0.15, -0.1) is 0 Å². The van der Waals surface area contributed by atoms with Crippen LogP contribution < -0.4 is 0 Å². The Morgan fingerprint density at radius 2 is 1.85 bits per heavy atom. The predicted octanol–water partition coefficient (Wildman–Crippen LogP) is 6.80. The van der Waals surface area contributed by atoms with E-state index in [1.807, 2.05) is 0 Å². The van der Waals surface area contributed by atoms with Crippen LogP contribution in [0.5, 0.6) is 0 Å². The van der Waals surface area contributed by atoms with Crippen LogP contribution in [0.15, 0.2) is 42.6 Å². The van der Waals surface area contributed by atoms with E-state index in [1.165, 1.54) is 23.6 Å². The van der Waals surface area contributed by atoms with Gasteiger partial charge in [0, 0.05) is 37.4 Å². The molecule has 3 aliphatic rings. The first kappa shape index (κ1) is 30.0. The van der Waals surface area contributed by atoms with Gasteiger partial charge in [-0.05, 0) is 94.0 Å². The molecule has 5 rings (SSSR count). The second-order valence-electron chi connectivity index (χ2n) is 12.8. The van der Waals surface area contributed by atoms with Crippen LogP contribution in [0.2, 0.25) is 0 Å². The highest BCUT2D eigenvalue weighted by Gasteiger charge is 2.41. The molecule has 5 nitrogen and oxygen atoms in total. The molecule has 0 amide bonds. The molecule has 1 aromatic carbocycles. The summed E-state index contributed by atoms with van der Waals surface area (Å²) in [5, 5.41) is 10.1. The Labute approximate surface area is 242 Å². The number of likely N-dealkylation sites (tertiary alicyclic amines) is 2. The summed E-state index contributed by atoms with van der Waals surface area (Å²) in [6.45, 7) is 6.86. The zero-order valence-electron chi connectivity index (χ0n) is 24.2. The van der Waals surface area contributed by atoms with E-state index in [0.717, 1.165) is 95.6 Å². The maximum atomic E-state index is 12.8. The zero-order valence-corrected chi connectivity index (χ0v) is 24.2. The van der Waals surface area contributed by atoms with Crippen molar-refractivity contribution in [3.63, 3.8) is 0 Å². The van der Waals surface area contributed by atoms with E-state index in [4.69, 9.17) is 0 Å². The van der Waals surface area contributed by atoms with Crippen LogP contribution in [-0.4, -0.2) is 64.6 Å². The number of halogens is 3. The Kier molecular flexibility index (Phi) is 9.70. The number of pyridine rings is 1. The Morgan fingerprint density at radius 1 is 1.07 bits per heavy atom. The average molecular weight is 572 g/mol. The molecule has 224 valence electrons. The van der Waals surface area contributed by atoms with Crippen molar-refractivity contribution in [1.29, 1.82) is 0 Å². The second kappa shape index (κ2) is 13.2. The number of carboxylic acid groups (broad SMARTS) is 1. The van der Waals surface area contributed by atoms with E-state index in [9.17, 15) is 23.1 Å². The first-order valence-corrected chi connectivity index (χ1v) is 15.4. The van der Waals surface area contributed by atoms with E-state index < -0.39 is 17.7 Å². The number of hydrogen-bond donors (Lipinski definition) is 1. The highest BCUT2D eigenvalue weighted by Crippen LogP contribution is 2.39. The van der Waals surface area contributed by atoms with Crippen LogP contribution in [0.4, 0.5) is 13.2 Å². The van der Waals surface area contributed by atoms with Crippen LogP contribution in [0.25, 0.3) is 0 Å². The first-order valence-electron chi connectivity index (χ1n) is 15.4. The smallest absolute Gasteiger partial charge is 0.417 e. The molecule has 1 saturated carbocycles. The van der Waals surface area contributed by atoms with Crippen molar-refractivity contribution >= 4 is 5.97 Å². The molecule has 0 unspecified atom stereocenters. The third-order valence-electron chi connectivity index (χ3n) is 9.84. The molecular formula is C33H44F3N3O2. The maximum absolute atomic E-state index is 12.8. The standard InChI is InChI=1S/C33H44F3N3O2/c1-23-5-2-9-26(17-23)30-22-39(31(32(40)41)18-25-7-3-8-25)21-27(30)20-38-15-13-24(14-16-38)6-4-10-29-12-11-28(19-37-29)33(34,35)36/h2,5,9,11-12,17,19,24-25,27,30-31H,3-4,6-8,10,13-16,18,20-22H2,1H3,(H,40,41)/t27-,30+,31+/m0/s1. The molecule has 1 aromatic heterocycles. The van der Waals surface area contributed by atoms with Crippen LogP contribution in [0.3, 0.4) is 0 Å². The van der Waals surface area contributed by atoms with Crippen LogP contribution in [-0.2, 0) is 17.4 Å². The summed E-state index contributed by atoms with van der Waals surface area (Å²) in [5.74, 6) is 1.26. The van der Waals surface area contributed by atoms with Gasteiger partial charge in [0.1, 0.15) is 6.04 Å². The summed E-state index contributed by atoms with van der Waals surface area (Å²) < 4.78 is 38.3. The molecule has 1 aliphatic carbocycles. The fraction of sp³-hybridized carbons (Fsp3) is 0.636. The molecule has 41 heavy (non-hydrogen) atoms. The normalized spacial score (nSPS) is 23.9. The number of rotatable bonds is 11. The first-order chi connectivity index (χ1) is 19.7. The van der Waals surface area contributed by atoms with Gasteiger partial charge in [-0.25, -0.2) is 0 Å². The number of aryl methyl sites for hydroxylation is 2. The van der Waals surface area contributed by atoms with Gasteiger partial charge in [0.25, 0.3) is 0 Å². The molecule has 3 atom stereocenters. The van der Waals surface area contributed by atoms with Gasteiger partial charge in [-0.1, -0.05) is 49.1 Å². The van der Waals surface area contributed by atoms with Crippen molar-refractivity contribution in [1.82, 2.24) is 14.8 Å². The number of aliphatic carboxylic acids is 1. The molecule has 1 N–H and O–H groups in total. The quantitative estimate of drug-likeness (QED) is 0.321. The minimum atomic E-state index is -4.34. The minimum absolute atomic E-state index is 0.340. The Hall–Kier alpha value is -2.45. The molecular weight excluding hydrogens is 527 g/mol. The van der Waals surface area contributed by atoms with Crippen molar-refractivity contribution in [2.75, 3.05) is 32.7 Å². The van der Waals surface area contributed by atoms with E-state index in [1.54, 1.807) is 0 Å². The highest BCUT2D eigenvalue weighted by atomic mass is 19.4. The molecule has 2 aromatic rings. The van der Waals surface area contributed by atoms with E-state index in [0.29, 0.717) is 30.1 Å². The topological polar surface area (TPSA) is 56.7 Å². The van der Waals surface area contributed by atoms with Gasteiger partial charge in [0.05, 0.1) is 5.56 Å². The minimum Gasteiger partial charge on any atom is -0.480 e. The largest absolute Gasteiger partial charge is 0.480 e. The highest BCUT2D eigenvalue weighted by molar-refractivity contribution is 5.73. The van der Waals surface area contributed by atoms with Crippen LogP contribution in [0, 0.1) is 24.7 Å². The van der Waals surface area contributed by atoms with Gasteiger partial charge < -0.3 is 10.0 Å². The SMILES string of the molecule is Cc1cccc([C@H]2CN([C@H](CC3CCC3)C(=O)O)C[C@@H]2CN2CCC(CCCc3ccc(C(F)(F)F)cn3)CC2)c1. The summed E-state index contributed by atoms with van der Waals surface area (Å²) >= 11 is 0. The summed E-state index contributed by atoms with van der Waals surface area (Å²) in [6, 6.07) is 11.0. The number of hydrogen-bond acceptors (Lipinski definition) is 4. The summed E-state index contributed by atoms with van der Waals surface area (Å²) in [4.78, 5) is 21.2. The van der Waals surface area contributed by atoms with Gasteiger partial charge in [-0.2, -0.15) is 13.2 Å². The van der Waals surface area contributed by atoms with Crippen molar-refractivity contribution < 1.29 is 23.1 Å². The van der Waals surface area contributed by atoms with Crippen molar-refractivity contribution in [3.8, 4) is 0 Å². The van der Waals surface area contributed by atoms with Crippen molar-refractivity contribution in [3.05, 3.63) is 65.0 Å². The summed E-state index contributed by atoms with van der Waals surface area (Å²) in [5.41, 5.74) is 2.61. The fourth-order valence-corrected chi connectivity index (χ4v) is 7.17. The molecule has 0 bridgehead atoms. The maximum Gasteiger partial charge on any atom is 0.417 e. The third kappa shape index (κ3) is 7.89. The van der Waals surface area contributed by atoms with Crippen molar-refractivity contribution in [2.45, 2.75) is 82.8 Å². The molecule has 2 aliphatic heterocycles. The lowest BCUT2D eigenvalue weighted by Crippen LogP contribution is -2.43. The number of alkyl halides is 3. The Balaban J connectivity index is 1.13. The predicted molar refractivity (Wildman–Crippen MR) is 154 cm³/mol. The Morgan fingerprint density at radius 3 is 2.46 bits per heavy atom. The lowest BCUT2D eigenvalue weighted by molar-refractivity contribution is -0.144. The molecule has 2 saturated heterocycles. The lowest BCUT2D eigenvalue weighted by Gasteiger charge is -2.35. The van der Waals surface area contributed by atoms with Crippen LogP contribution >= 0.6 is 0 Å². The second-order valence-corrected chi connectivity index (χ2v) is 12.8. The van der Waals surface area contributed by atoms with E-state index in [-0.39, 0.29) is 6.04 Å². The Bertz CT molecular complexity index is 1140. The summed E-state index contributed by atoms with van der Waals surface area (Å²) in [6.07, 6.45) is 5.91. The van der Waals surface area contributed by atoms with Gasteiger partial charge in [0.2, 0.25) is 0 Å². The molecule has 3 heterocycles. The van der Waals surface area contributed by atoms with Gasteiger partial charge >= 0.3 is 12.1 Å². The molecule has 3 fully saturated rings. The van der Waals surface area contributed by atoms with Gasteiger partial charge in [-0.3, -0.25) is 14.7 Å². The van der Waals surface area contributed by atoms with Crippen molar-refractivity contribution in [2.24, 2.45) is 17.8 Å². The molecule has 0 spiro atoms. The zero-order chi connectivity index (χ0) is 29.0. The lowest BCUT2D eigenvalue weighted by atomic mass is 9.80. The number of carbonyl (C=O) groups is 1. The van der Waals surface area contributed by atoms with Crippen LogP contribution in [0.1, 0.15) is 79.7 Å². The number of carboxylic acids is 1. The van der Waals surface area contributed by atoms with E-state index >= 15 is 0 Å². The van der Waals surface area contributed by atoms with Gasteiger partial charge in [0.15, 0.2) is 0 Å².